The molecule has 10 nitrogen and oxygen atoms in total. The zero-order valence-electron chi connectivity index (χ0n) is 41.2. The summed E-state index contributed by atoms with van der Waals surface area (Å²) in [5, 5.41) is 65.4. The van der Waals surface area contributed by atoms with E-state index in [-0.39, 0.29) is 18.9 Å². The van der Waals surface area contributed by atoms with Crippen LogP contribution in [0.2, 0.25) is 0 Å². The van der Waals surface area contributed by atoms with Crippen LogP contribution in [-0.2, 0) is 14.3 Å². The summed E-state index contributed by atoms with van der Waals surface area (Å²) in [4.78, 5) is 13.1. The summed E-state index contributed by atoms with van der Waals surface area (Å²) in [5.41, 5.74) is 0. The first-order valence-corrected chi connectivity index (χ1v) is 27.3. The zero-order valence-corrected chi connectivity index (χ0v) is 41.2. The van der Waals surface area contributed by atoms with E-state index in [1.165, 1.54) is 205 Å². The highest BCUT2D eigenvalue weighted by atomic mass is 16.7. The fraction of sp³-hybridized carbons (Fsp3) is 0.981. The van der Waals surface area contributed by atoms with Crippen molar-refractivity contribution in [3.63, 3.8) is 0 Å². The van der Waals surface area contributed by atoms with E-state index in [4.69, 9.17) is 9.47 Å². The number of hydrogen-bond acceptors (Lipinski definition) is 9. The van der Waals surface area contributed by atoms with E-state index in [1.807, 2.05) is 0 Å². The number of carbonyl (C=O) groups is 1. The molecule has 7 N–H and O–H groups in total. The minimum Gasteiger partial charge on any atom is -0.394 e. The molecule has 63 heavy (non-hydrogen) atoms. The molecule has 10 heteroatoms. The van der Waals surface area contributed by atoms with Gasteiger partial charge in [0.25, 0.3) is 0 Å². The van der Waals surface area contributed by atoms with Crippen LogP contribution in [0.1, 0.15) is 271 Å². The van der Waals surface area contributed by atoms with Gasteiger partial charge in [-0.15, -0.1) is 0 Å². The first-order valence-electron chi connectivity index (χ1n) is 27.3. The number of aliphatic hydroxyl groups excluding tert-OH is 6. The predicted octanol–water partition coefficient (Wildman–Crippen LogP) is 11.7. The van der Waals surface area contributed by atoms with Gasteiger partial charge in [-0.2, -0.15) is 0 Å². The van der Waals surface area contributed by atoms with Crippen LogP contribution in [0, 0.1) is 0 Å². The second-order valence-corrected chi connectivity index (χ2v) is 19.5. The van der Waals surface area contributed by atoms with E-state index < -0.39 is 55.6 Å². The zero-order chi connectivity index (χ0) is 46.0. The standard InChI is InChI=1S/C53H105NO9/c1-3-5-7-9-11-13-15-17-19-20-21-22-23-24-25-26-28-30-32-34-36-38-40-42-48(57)54-45(44-62-53-52(61)51(60)50(59)47(43-55)63-53)49(58)46(56)41-39-37-35-33-31-29-27-18-16-14-12-10-8-6-4-2/h45-47,49-53,55-56,58-61H,3-44H2,1-2H3,(H,54,57)/t45-,46+,47+,49-,50-,51?,52?,53+/m0/s1. The van der Waals surface area contributed by atoms with Crippen LogP contribution in [0.4, 0.5) is 0 Å². The highest BCUT2D eigenvalue weighted by Gasteiger charge is 2.44. The van der Waals surface area contributed by atoms with Crippen molar-refractivity contribution in [2.45, 2.75) is 320 Å². The van der Waals surface area contributed by atoms with Gasteiger partial charge in [-0.1, -0.05) is 251 Å². The van der Waals surface area contributed by atoms with Crippen LogP contribution in [0.3, 0.4) is 0 Å². The molecule has 0 aromatic heterocycles. The molecule has 2 unspecified atom stereocenters. The summed E-state index contributed by atoms with van der Waals surface area (Å²) in [5.74, 6) is -0.251. The Labute approximate surface area is 387 Å². The third-order valence-electron chi connectivity index (χ3n) is 13.6. The average Bonchev–Trinajstić information content (AvgIpc) is 3.28. The maximum Gasteiger partial charge on any atom is 0.220 e. The Bertz CT molecular complexity index is 973. The molecule has 0 bridgehead atoms. The third kappa shape index (κ3) is 33.3. The molecule has 376 valence electrons. The maximum atomic E-state index is 13.1. The quantitative estimate of drug-likeness (QED) is 0.0294. The molecule has 1 rings (SSSR count). The minimum atomic E-state index is -1.60. The van der Waals surface area contributed by atoms with Gasteiger partial charge < -0.3 is 45.4 Å². The van der Waals surface area contributed by atoms with Gasteiger partial charge in [0.15, 0.2) is 6.29 Å². The third-order valence-corrected chi connectivity index (χ3v) is 13.6. The van der Waals surface area contributed by atoms with Crippen molar-refractivity contribution in [1.82, 2.24) is 5.32 Å². The lowest BCUT2D eigenvalue weighted by Crippen LogP contribution is -2.60. The molecule has 0 aliphatic carbocycles. The van der Waals surface area contributed by atoms with Crippen molar-refractivity contribution in [1.29, 1.82) is 0 Å². The number of carbonyl (C=O) groups excluding carboxylic acids is 1. The average molecular weight is 900 g/mol. The van der Waals surface area contributed by atoms with E-state index in [2.05, 4.69) is 19.2 Å². The molecule has 0 aromatic carbocycles. The highest BCUT2D eigenvalue weighted by Crippen LogP contribution is 2.23. The normalized spacial score (nSPS) is 20.5. The lowest BCUT2D eigenvalue weighted by molar-refractivity contribution is -0.303. The van der Waals surface area contributed by atoms with Crippen molar-refractivity contribution < 1.29 is 44.9 Å². The molecule has 0 aromatic rings. The molecule has 1 heterocycles. The van der Waals surface area contributed by atoms with E-state index >= 15 is 0 Å². The molecule has 0 spiro atoms. The Hall–Kier alpha value is -0.850. The summed E-state index contributed by atoms with van der Waals surface area (Å²) >= 11 is 0. The molecular formula is C53H105NO9. The second kappa shape index (κ2) is 43.7. The van der Waals surface area contributed by atoms with Gasteiger partial charge in [-0.05, 0) is 12.8 Å². The van der Waals surface area contributed by atoms with Crippen LogP contribution in [-0.4, -0.2) is 98.7 Å². The van der Waals surface area contributed by atoms with Gasteiger partial charge in [0.2, 0.25) is 5.91 Å². The molecular weight excluding hydrogens is 795 g/mol. The maximum absolute atomic E-state index is 13.1. The van der Waals surface area contributed by atoms with Gasteiger partial charge in [-0.3, -0.25) is 4.79 Å². The number of hydrogen-bond donors (Lipinski definition) is 7. The predicted molar refractivity (Wildman–Crippen MR) is 260 cm³/mol. The first kappa shape index (κ1) is 60.2. The number of rotatable bonds is 47. The molecule has 1 aliphatic rings. The summed E-state index contributed by atoms with van der Waals surface area (Å²) < 4.78 is 11.2. The number of unbranched alkanes of at least 4 members (excludes halogenated alkanes) is 36. The van der Waals surface area contributed by atoms with Crippen LogP contribution < -0.4 is 5.32 Å². The minimum absolute atomic E-state index is 0.251. The SMILES string of the molecule is CCCCCCCCCCCCCCCCCCCCCCCCCC(=O)N[C@@H](CO[C@@H]1O[C@H](CO)[C@H](O)C(O)C1O)[C@H](O)[C@H](O)CCCCCCCCCCCCCCCCC. The fourth-order valence-electron chi connectivity index (χ4n) is 9.14. The van der Waals surface area contributed by atoms with E-state index in [0.29, 0.717) is 6.42 Å². The smallest absolute Gasteiger partial charge is 0.220 e. The Morgan fingerprint density at radius 2 is 0.825 bits per heavy atom. The molecule has 1 fully saturated rings. The van der Waals surface area contributed by atoms with Crippen molar-refractivity contribution >= 4 is 5.91 Å². The second-order valence-electron chi connectivity index (χ2n) is 19.5. The highest BCUT2D eigenvalue weighted by molar-refractivity contribution is 5.76. The monoisotopic (exact) mass is 900 g/mol. The molecule has 1 aliphatic heterocycles. The molecule has 1 amide bonds. The van der Waals surface area contributed by atoms with Gasteiger partial charge in [0.1, 0.15) is 30.5 Å². The summed E-state index contributed by atoms with van der Waals surface area (Å²) in [6, 6.07) is -0.985. The Morgan fingerprint density at radius 1 is 0.492 bits per heavy atom. The topological polar surface area (TPSA) is 169 Å². The summed E-state index contributed by atoms with van der Waals surface area (Å²) in [6.45, 7) is 3.65. The van der Waals surface area contributed by atoms with Crippen LogP contribution in [0.25, 0.3) is 0 Å². The number of nitrogens with one attached hydrogen (secondary N) is 1. The van der Waals surface area contributed by atoms with Crippen LogP contribution >= 0.6 is 0 Å². The number of aliphatic hydroxyl groups is 6. The van der Waals surface area contributed by atoms with Crippen molar-refractivity contribution in [3.8, 4) is 0 Å². The molecule has 0 saturated carbocycles. The van der Waals surface area contributed by atoms with Crippen molar-refractivity contribution in [2.75, 3.05) is 13.2 Å². The lowest BCUT2D eigenvalue weighted by Gasteiger charge is -2.40. The van der Waals surface area contributed by atoms with Crippen LogP contribution in [0.5, 0.6) is 0 Å². The molecule has 1 saturated heterocycles. The van der Waals surface area contributed by atoms with E-state index in [9.17, 15) is 35.4 Å². The van der Waals surface area contributed by atoms with Gasteiger partial charge in [-0.25, -0.2) is 0 Å². The molecule has 8 atom stereocenters. The largest absolute Gasteiger partial charge is 0.394 e. The van der Waals surface area contributed by atoms with Gasteiger partial charge in [0, 0.05) is 6.42 Å². The number of ether oxygens (including phenoxy) is 2. The van der Waals surface area contributed by atoms with Crippen molar-refractivity contribution in [2.24, 2.45) is 0 Å². The Morgan fingerprint density at radius 3 is 1.17 bits per heavy atom. The van der Waals surface area contributed by atoms with Crippen molar-refractivity contribution in [3.05, 3.63) is 0 Å². The summed E-state index contributed by atoms with van der Waals surface area (Å²) in [7, 11) is 0. The first-order chi connectivity index (χ1) is 30.8. The summed E-state index contributed by atoms with van der Waals surface area (Å²) in [6.07, 6.45) is 39.7. The van der Waals surface area contributed by atoms with Gasteiger partial charge in [0.05, 0.1) is 25.4 Å². The Kier molecular flexibility index (Phi) is 41.7. The molecule has 0 radical (unpaired) electrons. The fourth-order valence-corrected chi connectivity index (χ4v) is 9.14. The van der Waals surface area contributed by atoms with Gasteiger partial charge >= 0.3 is 0 Å². The van der Waals surface area contributed by atoms with E-state index in [0.717, 1.165) is 38.5 Å². The number of amides is 1. The Balaban J connectivity index is 2.26. The van der Waals surface area contributed by atoms with Crippen LogP contribution in [0.15, 0.2) is 0 Å². The van der Waals surface area contributed by atoms with E-state index in [1.54, 1.807) is 0 Å². The lowest BCUT2D eigenvalue weighted by atomic mass is 9.98.